The van der Waals surface area contributed by atoms with E-state index in [0.717, 1.165) is 59.5 Å². The van der Waals surface area contributed by atoms with Crippen LogP contribution in [-0.4, -0.2) is 72.3 Å². The third-order valence-corrected chi connectivity index (χ3v) is 9.54. The van der Waals surface area contributed by atoms with Gasteiger partial charge in [-0.2, -0.15) is 0 Å². The van der Waals surface area contributed by atoms with Gasteiger partial charge in [-0.3, -0.25) is 0 Å². The minimum absolute atomic E-state index is 0.684. The highest BCUT2D eigenvalue weighted by Gasteiger charge is 2.53. The van der Waals surface area contributed by atoms with E-state index in [9.17, 15) is 0 Å². The summed E-state index contributed by atoms with van der Waals surface area (Å²) in [4.78, 5) is 10.5. The fourth-order valence-corrected chi connectivity index (χ4v) is 7.75. The second-order valence-electron chi connectivity index (χ2n) is 12.6. The lowest BCUT2D eigenvalue weighted by Gasteiger charge is -2.62. The zero-order valence-electron chi connectivity index (χ0n) is 22.7. The van der Waals surface area contributed by atoms with Crippen LogP contribution in [0.1, 0.15) is 51.8 Å². The molecule has 1 unspecified atom stereocenters. The van der Waals surface area contributed by atoms with Gasteiger partial charge in [0.15, 0.2) is 11.5 Å². The maximum absolute atomic E-state index is 5.51. The van der Waals surface area contributed by atoms with Crippen molar-refractivity contribution in [3.63, 3.8) is 0 Å². The van der Waals surface area contributed by atoms with Crippen LogP contribution in [-0.2, 0) is 13.0 Å². The van der Waals surface area contributed by atoms with Crippen molar-refractivity contribution in [2.24, 2.45) is 23.2 Å². The Morgan fingerprint density at radius 3 is 2.44 bits per heavy atom. The molecule has 1 aliphatic carbocycles. The fraction of sp³-hybridized carbons (Fsp3) is 0.700. The topological polar surface area (TPSA) is 42.8 Å². The Hall–Kier alpha value is -2.05. The molecular weight excluding hydrogens is 448 g/mol. The smallest absolute Gasteiger partial charge is 0.161 e. The molecule has 6 heteroatoms. The molecule has 1 aromatic heterocycles. The molecule has 3 aliphatic heterocycles. The molecule has 0 bridgehead atoms. The van der Waals surface area contributed by atoms with Crippen LogP contribution in [0.4, 0.5) is 0 Å². The van der Waals surface area contributed by atoms with Gasteiger partial charge in [0.05, 0.1) is 19.9 Å². The Labute approximate surface area is 217 Å². The lowest BCUT2D eigenvalue weighted by molar-refractivity contribution is -0.117. The van der Waals surface area contributed by atoms with E-state index in [4.69, 9.17) is 14.5 Å². The highest BCUT2D eigenvalue weighted by molar-refractivity contribution is 5.63. The van der Waals surface area contributed by atoms with Gasteiger partial charge < -0.3 is 23.8 Å². The summed E-state index contributed by atoms with van der Waals surface area (Å²) in [6.07, 6.45) is 10.3. The standard InChI is InChI=1S/C30H44N4O2/c1-21(2)16-32-19-30(20-32)14-25(15-30)33-11-9-22(10-12-33)24-6-8-29-31-26(18-34(29)17-24)23-5-7-27(35-3)28(13-23)36-4/h5,7,13,18,21-22,24-25H,6,8-12,14-17,19-20H2,1-4H3. The number of hydrogen-bond donors (Lipinski definition) is 0. The van der Waals surface area contributed by atoms with Crippen molar-refractivity contribution < 1.29 is 9.47 Å². The first-order valence-corrected chi connectivity index (χ1v) is 14.2. The second-order valence-corrected chi connectivity index (χ2v) is 12.6. The zero-order valence-corrected chi connectivity index (χ0v) is 22.7. The summed E-state index contributed by atoms with van der Waals surface area (Å²) < 4.78 is 13.3. The molecule has 6 rings (SSSR count). The Bertz CT molecular complexity index is 1060. The molecular formula is C30H44N4O2. The van der Waals surface area contributed by atoms with Gasteiger partial charge in [-0.1, -0.05) is 13.8 Å². The van der Waals surface area contributed by atoms with Gasteiger partial charge in [0, 0.05) is 50.4 Å². The maximum Gasteiger partial charge on any atom is 0.161 e. The van der Waals surface area contributed by atoms with Gasteiger partial charge in [-0.05, 0) is 86.6 Å². The molecule has 0 radical (unpaired) electrons. The number of piperidine rings is 1. The van der Waals surface area contributed by atoms with Crippen molar-refractivity contribution >= 4 is 0 Å². The number of methoxy groups -OCH3 is 2. The highest BCUT2D eigenvalue weighted by atomic mass is 16.5. The molecule has 0 amide bonds. The molecule has 1 saturated carbocycles. The largest absolute Gasteiger partial charge is 0.493 e. The van der Waals surface area contributed by atoms with Gasteiger partial charge in [0.2, 0.25) is 0 Å². The summed E-state index contributed by atoms with van der Waals surface area (Å²) >= 11 is 0. The number of aromatic nitrogens is 2. The van der Waals surface area contributed by atoms with E-state index < -0.39 is 0 Å². The summed E-state index contributed by atoms with van der Waals surface area (Å²) in [5.74, 6) is 5.20. The number of imidazole rings is 1. The van der Waals surface area contributed by atoms with Gasteiger partial charge in [0.1, 0.15) is 5.82 Å². The van der Waals surface area contributed by atoms with E-state index >= 15 is 0 Å². The minimum atomic E-state index is 0.684. The lowest BCUT2D eigenvalue weighted by atomic mass is 9.60. The molecule has 36 heavy (non-hydrogen) atoms. The number of likely N-dealkylation sites (tertiary alicyclic amines) is 2. The van der Waals surface area contributed by atoms with Crippen molar-refractivity contribution in [2.45, 2.75) is 65.0 Å². The molecule has 2 aromatic rings. The number of fused-ring (bicyclic) bond motifs is 1. The van der Waals surface area contributed by atoms with Crippen LogP contribution in [0.3, 0.4) is 0 Å². The quantitative estimate of drug-likeness (QED) is 0.546. The molecule has 196 valence electrons. The summed E-state index contributed by atoms with van der Waals surface area (Å²) in [6.45, 7) is 12.4. The van der Waals surface area contributed by atoms with Crippen LogP contribution in [0.5, 0.6) is 11.5 Å². The maximum atomic E-state index is 5.51. The van der Waals surface area contributed by atoms with E-state index in [-0.39, 0.29) is 0 Å². The Morgan fingerprint density at radius 2 is 1.75 bits per heavy atom. The SMILES string of the molecule is COc1ccc(-c2cn3c(n2)CCC(C2CCN(C4CC5(C4)CN(CC(C)C)C5)CC2)C3)cc1OC. The fourth-order valence-electron chi connectivity index (χ4n) is 7.75. The molecule has 1 spiro atoms. The van der Waals surface area contributed by atoms with Crippen LogP contribution in [0.25, 0.3) is 11.3 Å². The van der Waals surface area contributed by atoms with Crippen LogP contribution in [0.2, 0.25) is 0 Å². The Balaban J connectivity index is 1.01. The van der Waals surface area contributed by atoms with Crippen molar-refractivity contribution in [1.82, 2.24) is 19.4 Å². The monoisotopic (exact) mass is 492 g/mol. The summed E-state index contributed by atoms with van der Waals surface area (Å²) in [7, 11) is 3.36. The molecule has 2 saturated heterocycles. The van der Waals surface area contributed by atoms with Crippen LogP contribution < -0.4 is 9.47 Å². The van der Waals surface area contributed by atoms with Crippen LogP contribution >= 0.6 is 0 Å². The van der Waals surface area contributed by atoms with Crippen LogP contribution in [0, 0.1) is 23.2 Å². The molecule has 4 heterocycles. The number of hydrogen-bond acceptors (Lipinski definition) is 5. The van der Waals surface area contributed by atoms with Crippen molar-refractivity contribution in [3.05, 3.63) is 30.2 Å². The summed E-state index contributed by atoms with van der Waals surface area (Å²) in [6, 6.07) is 6.96. The summed E-state index contributed by atoms with van der Waals surface area (Å²) in [5, 5.41) is 0. The Kier molecular flexibility index (Phi) is 6.53. The second kappa shape index (κ2) is 9.68. The van der Waals surface area contributed by atoms with Gasteiger partial charge in [-0.25, -0.2) is 4.98 Å². The van der Waals surface area contributed by atoms with Crippen molar-refractivity contribution in [3.8, 4) is 22.8 Å². The molecule has 6 nitrogen and oxygen atoms in total. The van der Waals surface area contributed by atoms with E-state index in [2.05, 4.69) is 40.5 Å². The molecule has 1 aromatic carbocycles. The van der Waals surface area contributed by atoms with E-state index in [1.807, 2.05) is 12.1 Å². The first-order valence-electron chi connectivity index (χ1n) is 14.2. The first-order chi connectivity index (χ1) is 17.4. The first kappa shape index (κ1) is 24.3. The predicted molar refractivity (Wildman–Crippen MR) is 144 cm³/mol. The third-order valence-electron chi connectivity index (χ3n) is 9.54. The number of benzene rings is 1. The molecule has 3 fully saturated rings. The van der Waals surface area contributed by atoms with Gasteiger partial charge in [0.25, 0.3) is 0 Å². The normalized spacial score (nSPS) is 25.0. The Morgan fingerprint density at radius 1 is 1.00 bits per heavy atom. The average molecular weight is 493 g/mol. The molecule has 4 aliphatic rings. The zero-order chi connectivity index (χ0) is 24.9. The van der Waals surface area contributed by atoms with E-state index in [0.29, 0.717) is 5.41 Å². The van der Waals surface area contributed by atoms with Crippen LogP contribution in [0.15, 0.2) is 24.4 Å². The lowest BCUT2D eigenvalue weighted by Crippen LogP contribution is -2.67. The molecule has 0 N–H and O–H groups in total. The average Bonchev–Trinajstić information content (AvgIpc) is 3.27. The highest BCUT2D eigenvalue weighted by Crippen LogP contribution is 2.51. The van der Waals surface area contributed by atoms with E-state index in [1.54, 1.807) is 14.2 Å². The van der Waals surface area contributed by atoms with Crippen molar-refractivity contribution in [1.29, 1.82) is 0 Å². The predicted octanol–water partition coefficient (Wildman–Crippen LogP) is 4.96. The number of rotatable bonds is 7. The summed E-state index contributed by atoms with van der Waals surface area (Å²) in [5.41, 5.74) is 2.82. The van der Waals surface area contributed by atoms with Crippen molar-refractivity contribution in [2.75, 3.05) is 46.9 Å². The third kappa shape index (κ3) is 4.56. The molecule has 1 atom stereocenters. The number of nitrogens with zero attached hydrogens (tertiary/aromatic N) is 4. The van der Waals surface area contributed by atoms with Gasteiger partial charge >= 0.3 is 0 Å². The number of ether oxygens (including phenoxy) is 2. The number of aryl methyl sites for hydroxylation is 1. The van der Waals surface area contributed by atoms with Gasteiger partial charge in [-0.15, -0.1) is 0 Å². The minimum Gasteiger partial charge on any atom is -0.493 e. The van der Waals surface area contributed by atoms with E-state index in [1.165, 1.54) is 70.7 Å².